The predicted octanol–water partition coefficient (Wildman–Crippen LogP) is 2.89. The second kappa shape index (κ2) is 10.8. The Morgan fingerprint density at radius 3 is 2.72 bits per heavy atom. The molecule has 3 unspecified atom stereocenters. The number of nitrogens with zero attached hydrogens (tertiary/aromatic N) is 3. The van der Waals surface area contributed by atoms with E-state index in [2.05, 4.69) is 10.3 Å². The second-order valence-corrected chi connectivity index (χ2v) is 13.6. The van der Waals surface area contributed by atoms with Crippen LogP contribution in [-0.2, 0) is 19.6 Å². The standard InChI is InChI=1S/C25H26N4O7S3/c1-14(2)10-16(27-25(33)36-21-11-20-19(38-21)6-9-37-20)23(31)28-8-5-17-22(28)18(30)13-29(17)39(34,35)24(32)15-4-3-7-26-12-15/h3-4,6-7,9,11-12,14,16-17,22H,5,8,10,13H2,1-2H3,(H,27,33). The molecule has 3 aromatic heterocycles. The number of nitrogens with one attached hydrogen (secondary N) is 1. The quantitative estimate of drug-likeness (QED) is 0.443. The van der Waals surface area contributed by atoms with Crippen LogP contribution in [0.1, 0.15) is 37.0 Å². The fraction of sp³-hybridized carbons (Fsp3) is 0.400. The molecule has 0 aromatic carbocycles. The summed E-state index contributed by atoms with van der Waals surface area (Å²) in [5, 5.41) is 3.83. The first-order chi connectivity index (χ1) is 18.6. The zero-order chi connectivity index (χ0) is 27.9. The fourth-order valence-corrected chi connectivity index (χ4v) is 8.48. The smallest absolute Gasteiger partial charge is 0.399 e. The van der Waals surface area contributed by atoms with Crippen molar-refractivity contribution >= 4 is 65.0 Å². The van der Waals surface area contributed by atoms with Gasteiger partial charge in [0.1, 0.15) is 12.1 Å². The molecule has 2 aliphatic heterocycles. The molecule has 11 nitrogen and oxygen atoms in total. The lowest BCUT2D eigenvalue weighted by molar-refractivity contribution is -0.138. The van der Waals surface area contributed by atoms with Crippen molar-refractivity contribution in [3.63, 3.8) is 0 Å². The van der Waals surface area contributed by atoms with Crippen molar-refractivity contribution < 1.29 is 32.3 Å². The van der Waals surface area contributed by atoms with Crippen LogP contribution in [0.25, 0.3) is 9.40 Å². The lowest BCUT2D eigenvalue weighted by Gasteiger charge is -2.28. The van der Waals surface area contributed by atoms with Gasteiger partial charge in [-0.15, -0.1) is 11.3 Å². The van der Waals surface area contributed by atoms with E-state index in [1.165, 1.54) is 45.9 Å². The van der Waals surface area contributed by atoms with Gasteiger partial charge in [-0.2, -0.15) is 4.31 Å². The number of ketones is 1. The number of ether oxygens (including phenoxy) is 1. The zero-order valence-corrected chi connectivity index (χ0v) is 23.6. The van der Waals surface area contributed by atoms with E-state index in [0.717, 1.165) is 19.9 Å². The molecule has 0 radical (unpaired) electrons. The maximum absolute atomic E-state index is 13.6. The molecule has 14 heteroatoms. The van der Waals surface area contributed by atoms with Crippen LogP contribution in [0.3, 0.4) is 0 Å². The van der Waals surface area contributed by atoms with Crippen molar-refractivity contribution in [2.45, 2.75) is 44.8 Å². The van der Waals surface area contributed by atoms with Gasteiger partial charge in [0, 0.05) is 34.4 Å². The van der Waals surface area contributed by atoms with Gasteiger partial charge in [-0.25, -0.2) is 13.2 Å². The molecule has 2 fully saturated rings. The van der Waals surface area contributed by atoms with Crippen LogP contribution in [0, 0.1) is 5.92 Å². The van der Waals surface area contributed by atoms with E-state index in [0.29, 0.717) is 5.06 Å². The molecule has 5 heterocycles. The van der Waals surface area contributed by atoms with Crippen LogP contribution in [-0.4, -0.2) is 76.7 Å². The zero-order valence-electron chi connectivity index (χ0n) is 21.1. The minimum Gasteiger partial charge on any atom is -0.399 e. The summed E-state index contributed by atoms with van der Waals surface area (Å²) in [5.41, 5.74) is -0.107. The van der Waals surface area contributed by atoms with Gasteiger partial charge in [-0.05, 0) is 42.3 Å². The van der Waals surface area contributed by atoms with Crippen molar-refractivity contribution in [3.8, 4) is 5.06 Å². The summed E-state index contributed by atoms with van der Waals surface area (Å²) in [6.45, 7) is 3.39. The third kappa shape index (κ3) is 5.33. The van der Waals surface area contributed by atoms with Crippen molar-refractivity contribution in [1.82, 2.24) is 19.5 Å². The molecule has 39 heavy (non-hydrogen) atoms. The number of likely N-dealkylation sites (tertiary alicyclic amines) is 1. The van der Waals surface area contributed by atoms with Crippen LogP contribution in [0.4, 0.5) is 4.79 Å². The van der Waals surface area contributed by atoms with Gasteiger partial charge in [0.25, 0.3) is 15.1 Å². The second-order valence-electron chi connectivity index (χ2n) is 9.81. The van der Waals surface area contributed by atoms with Crippen LogP contribution in [0.5, 0.6) is 5.06 Å². The first-order valence-corrected chi connectivity index (χ1v) is 15.4. The minimum absolute atomic E-state index is 0.0259. The summed E-state index contributed by atoms with van der Waals surface area (Å²) in [7, 11) is -4.52. The number of sulfonamides is 1. The number of carbonyl (C=O) groups is 4. The van der Waals surface area contributed by atoms with Gasteiger partial charge >= 0.3 is 6.09 Å². The SMILES string of the molecule is CC(C)CC(NC(=O)Oc1cc2sccc2s1)C(=O)N1CCC2C1C(=O)CN2S(=O)(=O)C(=O)c1cccnc1. The molecular formula is C25H26N4O7S3. The Morgan fingerprint density at radius 1 is 1.23 bits per heavy atom. The molecule has 0 saturated carbocycles. The molecule has 0 spiro atoms. The fourth-order valence-electron chi connectivity index (χ4n) is 5.03. The molecule has 2 saturated heterocycles. The Labute approximate surface area is 232 Å². The molecule has 3 atom stereocenters. The molecule has 2 aliphatic rings. The number of thiophene rings is 2. The number of fused-ring (bicyclic) bond motifs is 2. The largest absolute Gasteiger partial charge is 0.414 e. The molecule has 5 rings (SSSR count). The third-order valence-electron chi connectivity index (χ3n) is 6.71. The Hall–Kier alpha value is -3.20. The maximum atomic E-state index is 13.6. The minimum atomic E-state index is -4.52. The molecule has 1 N–H and O–H groups in total. The summed E-state index contributed by atoms with van der Waals surface area (Å²) >= 11 is 2.84. The lowest BCUT2D eigenvalue weighted by Crippen LogP contribution is -2.53. The Bertz CT molecular complexity index is 1500. The number of Topliss-reactive ketones (excluding diaryl/α,β-unsaturated/α-hetero) is 1. The Balaban J connectivity index is 1.31. The van der Waals surface area contributed by atoms with Gasteiger partial charge < -0.3 is 15.0 Å². The normalized spacial score (nSPS) is 20.4. The van der Waals surface area contributed by atoms with E-state index >= 15 is 0 Å². The first-order valence-electron chi connectivity index (χ1n) is 12.3. The van der Waals surface area contributed by atoms with Gasteiger partial charge in [0.05, 0.1) is 18.2 Å². The summed E-state index contributed by atoms with van der Waals surface area (Å²) in [5.74, 6) is -0.942. The number of hydrogen-bond donors (Lipinski definition) is 1. The van der Waals surface area contributed by atoms with Gasteiger partial charge in [-0.1, -0.05) is 25.2 Å². The first kappa shape index (κ1) is 27.4. The van der Waals surface area contributed by atoms with E-state index < -0.39 is 57.6 Å². The van der Waals surface area contributed by atoms with Crippen molar-refractivity contribution in [3.05, 3.63) is 47.6 Å². The highest BCUT2D eigenvalue weighted by Crippen LogP contribution is 2.36. The highest BCUT2D eigenvalue weighted by atomic mass is 32.2. The number of pyridine rings is 1. The molecule has 0 bridgehead atoms. The van der Waals surface area contributed by atoms with Crippen LogP contribution in [0.2, 0.25) is 0 Å². The summed E-state index contributed by atoms with van der Waals surface area (Å²) in [6, 6.07) is 3.60. The summed E-state index contributed by atoms with van der Waals surface area (Å²) in [6.07, 6.45) is 2.26. The van der Waals surface area contributed by atoms with E-state index in [4.69, 9.17) is 4.74 Å². The predicted molar refractivity (Wildman–Crippen MR) is 145 cm³/mol. The van der Waals surface area contributed by atoms with Gasteiger partial charge in [-0.3, -0.25) is 19.4 Å². The lowest BCUT2D eigenvalue weighted by atomic mass is 10.0. The summed E-state index contributed by atoms with van der Waals surface area (Å²) < 4.78 is 34.6. The van der Waals surface area contributed by atoms with Crippen molar-refractivity contribution in [2.24, 2.45) is 5.92 Å². The highest BCUT2D eigenvalue weighted by Gasteiger charge is 2.55. The maximum Gasteiger partial charge on any atom is 0.414 e. The molecule has 206 valence electrons. The monoisotopic (exact) mass is 590 g/mol. The van der Waals surface area contributed by atoms with Crippen molar-refractivity contribution in [2.75, 3.05) is 13.1 Å². The average molecular weight is 591 g/mol. The van der Waals surface area contributed by atoms with E-state index in [9.17, 15) is 27.6 Å². The Morgan fingerprint density at radius 2 is 2.03 bits per heavy atom. The van der Waals surface area contributed by atoms with Crippen molar-refractivity contribution in [1.29, 1.82) is 0 Å². The van der Waals surface area contributed by atoms with Crippen LogP contribution in [0.15, 0.2) is 42.0 Å². The third-order valence-corrected chi connectivity index (χ3v) is 10.4. The van der Waals surface area contributed by atoms with E-state index in [1.54, 1.807) is 6.07 Å². The highest BCUT2D eigenvalue weighted by molar-refractivity contribution is 8.04. The van der Waals surface area contributed by atoms with Gasteiger partial charge in [0.2, 0.25) is 5.91 Å². The average Bonchev–Trinajstić information content (AvgIpc) is 3.65. The number of aromatic nitrogens is 1. The van der Waals surface area contributed by atoms with Gasteiger partial charge in [0.15, 0.2) is 10.8 Å². The molecule has 2 amide bonds. The van der Waals surface area contributed by atoms with E-state index in [1.807, 2.05) is 25.3 Å². The number of rotatable bonds is 7. The summed E-state index contributed by atoms with van der Waals surface area (Å²) in [4.78, 5) is 57.3. The van der Waals surface area contributed by atoms with Crippen LogP contribution >= 0.6 is 22.7 Å². The topological polar surface area (TPSA) is 143 Å². The number of carbonyl (C=O) groups excluding carboxylic acids is 4. The Kier molecular flexibility index (Phi) is 7.55. The number of amides is 2. The molecule has 0 aliphatic carbocycles. The van der Waals surface area contributed by atoms with E-state index in [-0.39, 0.29) is 30.9 Å². The molecular weight excluding hydrogens is 564 g/mol. The molecule has 3 aromatic rings. The van der Waals surface area contributed by atoms with Crippen LogP contribution < -0.4 is 10.1 Å². The number of hydrogen-bond acceptors (Lipinski definition) is 10.